The van der Waals surface area contributed by atoms with Crippen LogP contribution < -0.4 is 16.0 Å². The van der Waals surface area contributed by atoms with Crippen molar-refractivity contribution in [1.82, 2.24) is 10.6 Å². The molecule has 0 atom stereocenters. The number of aryl methyl sites for hydroxylation is 2. The number of hydrogen-bond donors (Lipinski definition) is 2. The lowest BCUT2D eigenvalue weighted by Crippen LogP contribution is -2.40. The molecule has 1 aromatic carbocycles. The van der Waals surface area contributed by atoms with E-state index in [9.17, 15) is 9.59 Å². The molecule has 1 aromatic rings. The van der Waals surface area contributed by atoms with Crippen molar-refractivity contribution >= 4 is 17.6 Å². The molecule has 0 saturated heterocycles. The van der Waals surface area contributed by atoms with Crippen LogP contribution in [0.4, 0.5) is 10.5 Å². The van der Waals surface area contributed by atoms with Crippen LogP contribution in [0.15, 0.2) is 30.1 Å². The van der Waals surface area contributed by atoms with Crippen LogP contribution in [-0.4, -0.2) is 11.9 Å². The van der Waals surface area contributed by atoms with Gasteiger partial charge in [0.15, 0.2) is 0 Å². The third-order valence-corrected chi connectivity index (χ3v) is 3.10. The average molecular weight is 242 g/mol. The topological polar surface area (TPSA) is 72.3 Å². The summed E-state index contributed by atoms with van der Waals surface area (Å²) < 4.78 is 0. The molecule has 5 heteroatoms. The summed E-state index contributed by atoms with van der Waals surface area (Å²) in [5.74, 6) is -0.166. The normalized spacial score (nSPS) is 17.7. The standard InChI is InChI=1S/C13H12N3O2/c17-12-7-11(15-13(18)16-12)14-10-5-4-8-2-1-3-9(8)6-10/h4-7,14H,1-3H2,(H,15,18). The number of urea groups is 1. The van der Waals surface area contributed by atoms with Crippen molar-refractivity contribution in [2.75, 3.05) is 5.32 Å². The summed E-state index contributed by atoms with van der Waals surface area (Å²) in [5.41, 5.74) is 3.59. The van der Waals surface area contributed by atoms with Crippen LogP contribution in [0.1, 0.15) is 17.5 Å². The maximum absolute atomic E-state index is 11.1. The zero-order valence-electron chi connectivity index (χ0n) is 9.69. The van der Waals surface area contributed by atoms with E-state index in [1.165, 1.54) is 23.6 Å². The largest absolute Gasteiger partial charge is 0.349 e. The Morgan fingerprint density at radius 1 is 1.17 bits per heavy atom. The van der Waals surface area contributed by atoms with Crippen molar-refractivity contribution in [3.8, 4) is 0 Å². The van der Waals surface area contributed by atoms with Crippen LogP contribution >= 0.6 is 0 Å². The molecule has 1 radical (unpaired) electrons. The van der Waals surface area contributed by atoms with Crippen molar-refractivity contribution in [2.45, 2.75) is 19.3 Å². The monoisotopic (exact) mass is 242 g/mol. The summed E-state index contributed by atoms with van der Waals surface area (Å²) in [5, 5.41) is 8.73. The maximum atomic E-state index is 11.1. The van der Waals surface area contributed by atoms with Gasteiger partial charge in [-0.05, 0) is 42.5 Å². The Morgan fingerprint density at radius 3 is 2.83 bits per heavy atom. The molecule has 0 saturated carbocycles. The molecule has 0 unspecified atom stereocenters. The van der Waals surface area contributed by atoms with E-state index in [0.717, 1.165) is 18.5 Å². The molecule has 91 valence electrons. The summed E-state index contributed by atoms with van der Waals surface area (Å²) in [7, 11) is 0. The Labute approximate surface area is 104 Å². The van der Waals surface area contributed by atoms with Gasteiger partial charge in [-0.25, -0.2) is 4.79 Å². The van der Waals surface area contributed by atoms with E-state index in [-0.39, 0.29) is 0 Å². The Kier molecular flexibility index (Phi) is 2.51. The predicted octanol–water partition coefficient (Wildman–Crippen LogP) is 1.28. The zero-order chi connectivity index (χ0) is 12.5. The Balaban J connectivity index is 1.80. The fourth-order valence-electron chi connectivity index (χ4n) is 2.31. The highest BCUT2D eigenvalue weighted by atomic mass is 16.2. The number of anilines is 1. The first-order chi connectivity index (χ1) is 8.70. The number of carbonyl (C=O) groups excluding carboxylic acids is 2. The molecule has 2 N–H and O–H groups in total. The second-order valence-electron chi connectivity index (χ2n) is 4.40. The van der Waals surface area contributed by atoms with Crippen molar-refractivity contribution < 1.29 is 9.59 Å². The van der Waals surface area contributed by atoms with Crippen LogP contribution in [0, 0.1) is 0 Å². The molecule has 3 rings (SSSR count). The molecule has 1 aliphatic carbocycles. The lowest BCUT2D eigenvalue weighted by atomic mass is 10.1. The summed E-state index contributed by atoms with van der Waals surface area (Å²) in [6.45, 7) is 0. The van der Waals surface area contributed by atoms with Gasteiger partial charge in [-0.3, -0.25) is 10.1 Å². The van der Waals surface area contributed by atoms with Gasteiger partial charge in [-0.2, -0.15) is 5.32 Å². The van der Waals surface area contributed by atoms with Crippen LogP contribution in [0.3, 0.4) is 0 Å². The van der Waals surface area contributed by atoms with E-state index in [1.54, 1.807) is 0 Å². The minimum absolute atomic E-state index is 0.373. The first-order valence-electron chi connectivity index (χ1n) is 5.88. The third-order valence-electron chi connectivity index (χ3n) is 3.10. The van der Waals surface area contributed by atoms with E-state index < -0.39 is 11.9 Å². The van der Waals surface area contributed by atoms with Gasteiger partial charge in [-0.15, -0.1) is 0 Å². The van der Waals surface area contributed by atoms with Crippen LogP contribution in [0.25, 0.3) is 0 Å². The number of carbonyl (C=O) groups is 2. The van der Waals surface area contributed by atoms with E-state index in [2.05, 4.69) is 28.1 Å². The SMILES string of the molecule is O=C1C=C(Nc2ccc3c(c2)CCC3)NC(=O)[N]1. The molecule has 1 heterocycles. The number of nitrogens with zero attached hydrogens (tertiary/aromatic N) is 1. The number of fused-ring (bicyclic) bond motifs is 1. The van der Waals surface area contributed by atoms with Gasteiger partial charge in [0.05, 0.1) is 0 Å². The highest BCUT2D eigenvalue weighted by Crippen LogP contribution is 2.25. The number of amides is 3. The fourth-order valence-corrected chi connectivity index (χ4v) is 2.31. The minimum Gasteiger partial charge on any atom is -0.342 e. The Bertz CT molecular complexity index is 563. The quantitative estimate of drug-likeness (QED) is 0.820. The smallest absolute Gasteiger partial charge is 0.342 e. The van der Waals surface area contributed by atoms with Gasteiger partial charge in [0.2, 0.25) is 0 Å². The summed E-state index contributed by atoms with van der Waals surface area (Å²) >= 11 is 0. The molecule has 0 spiro atoms. The van der Waals surface area contributed by atoms with Gasteiger partial charge in [-0.1, -0.05) is 6.07 Å². The first kappa shape index (κ1) is 10.8. The highest BCUT2D eigenvalue weighted by molar-refractivity contribution is 6.04. The number of benzene rings is 1. The molecule has 5 nitrogen and oxygen atoms in total. The molecular formula is C13H12N3O2. The van der Waals surface area contributed by atoms with Crippen LogP contribution in [0.5, 0.6) is 0 Å². The average Bonchev–Trinajstić information content (AvgIpc) is 2.74. The van der Waals surface area contributed by atoms with Gasteiger partial charge >= 0.3 is 6.03 Å². The number of hydrogen-bond acceptors (Lipinski definition) is 3. The minimum atomic E-state index is -0.633. The molecule has 1 aliphatic heterocycles. The van der Waals surface area contributed by atoms with Gasteiger partial charge in [0.1, 0.15) is 5.82 Å². The molecule has 0 aromatic heterocycles. The van der Waals surface area contributed by atoms with E-state index >= 15 is 0 Å². The van der Waals surface area contributed by atoms with E-state index in [0.29, 0.717) is 5.82 Å². The molecule has 0 fully saturated rings. The highest BCUT2D eigenvalue weighted by Gasteiger charge is 2.18. The molecular weight excluding hydrogens is 230 g/mol. The zero-order valence-corrected chi connectivity index (χ0v) is 9.69. The number of nitrogens with one attached hydrogen (secondary N) is 2. The number of rotatable bonds is 2. The Hall–Kier alpha value is -2.30. The first-order valence-corrected chi connectivity index (χ1v) is 5.88. The third kappa shape index (κ3) is 2.07. The molecule has 2 aliphatic rings. The van der Waals surface area contributed by atoms with Gasteiger partial charge in [0, 0.05) is 11.8 Å². The summed E-state index contributed by atoms with van der Waals surface area (Å²) in [6.07, 6.45) is 4.68. The molecule has 0 bridgehead atoms. The van der Waals surface area contributed by atoms with Crippen LogP contribution in [0.2, 0.25) is 0 Å². The second kappa shape index (κ2) is 4.18. The molecule has 18 heavy (non-hydrogen) atoms. The second-order valence-corrected chi connectivity index (χ2v) is 4.40. The lowest BCUT2D eigenvalue weighted by molar-refractivity contribution is -0.116. The van der Waals surface area contributed by atoms with E-state index in [1.807, 2.05) is 6.07 Å². The van der Waals surface area contributed by atoms with Crippen molar-refractivity contribution in [2.24, 2.45) is 0 Å². The maximum Gasteiger partial charge on any atom is 0.349 e. The van der Waals surface area contributed by atoms with Crippen molar-refractivity contribution in [3.63, 3.8) is 0 Å². The lowest BCUT2D eigenvalue weighted by Gasteiger charge is -2.15. The van der Waals surface area contributed by atoms with E-state index in [4.69, 9.17) is 0 Å². The summed E-state index contributed by atoms with van der Waals surface area (Å²) in [4.78, 5) is 22.2. The van der Waals surface area contributed by atoms with Crippen molar-refractivity contribution in [1.29, 1.82) is 0 Å². The Morgan fingerprint density at radius 2 is 2.00 bits per heavy atom. The summed E-state index contributed by atoms with van der Waals surface area (Å²) in [6, 6.07) is 5.47. The molecule has 3 amide bonds. The van der Waals surface area contributed by atoms with Gasteiger partial charge < -0.3 is 5.32 Å². The number of imide groups is 1. The predicted molar refractivity (Wildman–Crippen MR) is 65.8 cm³/mol. The van der Waals surface area contributed by atoms with Gasteiger partial charge in [0.25, 0.3) is 5.91 Å². The van der Waals surface area contributed by atoms with Crippen molar-refractivity contribution in [3.05, 3.63) is 41.2 Å². The fraction of sp³-hybridized carbons (Fsp3) is 0.231. The van der Waals surface area contributed by atoms with Crippen LogP contribution in [-0.2, 0) is 17.6 Å².